The van der Waals surface area contributed by atoms with Gasteiger partial charge in [-0.15, -0.1) is 6.42 Å². The number of amides is 1. The molecule has 0 aliphatic heterocycles. The zero-order valence-electron chi connectivity index (χ0n) is 7.45. The summed E-state index contributed by atoms with van der Waals surface area (Å²) in [6.45, 7) is 1.92. The smallest absolute Gasteiger partial charge is 0.207 e. The minimum absolute atomic E-state index is 0.0318. The highest BCUT2D eigenvalue weighted by atomic mass is 16.1. The van der Waals surface area contributed by atoms with Crippen LogP contribution in [0.15, 0.2) is 24.3 Å². The van der Waals surface area contributed by atoms with Gasteiger partial charge in [-0.3, -0.25) is 4.79 Å². The molecular weight excluding hydrogens is 162 g/mol. The molecule has 1 aromatic rings. The number of benzene rings is 1. The van der Waals surface area contributed by atoms with E-state index >= 15 is 0 Å². The average molecular weight is 173 g/mol. The van der Waals surface area contributed by atoms with Gasteiger partial charge in [-0.2, -0.15) is 0 Å². The topological polar surface area (TPSA) is 29.1 Å². The average Bonchev–Trinajstić information content (AvgIpc) is 2.18. The molecule has 2 nitrogen and oxygen atoms in total. The highest BCUT2D eigenvalue weighted by Crippen LogP contribution is 2.11. The van der Waals surface area contributed by atoms with E-state index in [-0.39, 0.29) is 6.04 Å². The van der Waals surface area contributed by atoms with Gasteiger partial charge in [0.1, 0.15) is 0 Å². The van der Waals surface area contributed by atoms with Gasteiger partial charge in [0.2, 0.25) is 6.41 Å². The Kier molecular flexibility index (Phi) is 3.10. The van der Waals surface area contributed by atoms with Crippen LogP contribution in [0.4, 0.5) is 0 Å². The normalized spacial score (nSPS) is 11.4. The third-order valence-corrected chi connectivity index (χ3v) is 1.90. The molecule has 0 saturated carbocycles. The van der Waals surface area contributed by atoms with Gasteiger partial charge < -0.3 is 5.32 Å². The zero-order chi connectivity index (χ0) is 9.68. The molecule has 1 amide bonds. The van der Waals surface area contributed by atoms with Crippen molar-refractivity contribution in [3.05, 3.63) is 35.4 Å². The van der Waals surface area contributed by atoms with Gasteiger partial charge >= 0.3 is 0 Å². The third-order valence-electron chi connectivity index (χ3n) is 1.90. The van der Waals surface area contributed by atoms with Crippen LogP contribution in [-0.4, -0.2) is 6.41 Å². The van der Waals surface area contributed by atoms with Gasteiger partial charge in [-0.25, -0.2) is 0 Å². The Hall–Kier alpha value is -1.75. The standard InChI is InChI=1S/C11H11NO/c1-3-10-4-6-11(7-5-10)9(2)12-8-13/h1,4-9H,2H3,(H,12,13)/t9-/m0/s1. The maximum absolute atomic E-state index is 10.2. The van der Waals surface area contributed by atoms with E-state index in [9.17, 15) is 4.79 Å². The molecule has 0 aliphatic carbocycles. The second-order valence-electron chi connectivity index (χ2n) is 2.77. The Balaban J connectivity index is 2.80. The van der Waals surface area contributed by atoms with Crippen LogP contribution in [0.1, 0.15) is 24.1 Å². The Morgan fingerprint density at radius 1 is 1.46 bits per heavy atom. The summed E-state index contributed by atoms with van der Waals surface area (Å²) in [5.41, 5.74) is 1.90. The van der Waals surface area contributed by atoms with Crippen LogP contribution in [0.3, 0.4) is 0 Å². The van der Waals surface area contributed by atoms with Gasteiger partial charge in [-0.05, 0) is 24.6 Å². The quantitative estimate of drug-likeness (QED) is 0.544. The molecular formula is C11H11NO. The van der Waals surface area contributed by atoms with Gasteiger partial charge in [-0.1, -0.05) is 18.1 Å². The molecule has 0 aromatic heterocycles. The molecule has 0 bridgehead atoms. The van der Waals surface area contributed by atoms with E-state index < -0.39 is 0 Å². The summed E-state index contributed by atoms with van der Waals surface area (Å²) >= 11 is 0. The van der Waals surface area contributed by atoms with E-state index in [2.05, 4.69) is 11.2 Å². The Bertz CT molecular complexity index is 321. The molecule has 0 radical (unpaired) electrons. The van der Waals surface area contributed by atoms with Gasteiger partial charge in [0.25, 0.3) is 0 Å². The lowest BCUT2D eigenvalue weighted by atomic mass is 10.1. The van der Waals surface area contributed by atoms with E-state index in [1.807, 2.05) is 31.2 Å². The first-order valence-electron chi connectivity index (χ1n) is 4.04. The summed E-state index contributed by atoms with van der Waals surface area (Å²) in [7, 11) is 0. The Morgan fingerprint density at radius 3 is 2.54 bits per heavy atom. The van der Waals surface area contributed by atoms with Crippen LogP contribution in [0.5, 0.6) is 0 Å². The maximum atomic E-state index is 10.2. The summed E-state index contributed by atoms with van der Waals surface area (Å²) in [4.78, 5) is 10.2. The Labute approximate surface area is 78.0 Å². The summed E-state index contributed by atoms with van der Waals surface area (Å²) in [6, 6.07) is 7.58. The molecule has 1 N–H and O–H groups in total. The molecule has 1 aromatic carbocycles. The predicted octanol–water partition coefficient (Wildman–Crippen LogP) is 1.47. The van der Waals surface area contributed by atoms with Crippen molar-refractivity contribution < 1.29 is 4.79 Å². The fourth-order valence-electron chi connectivity index (χ4n) is 1.07. The zero-order valence-corrected chi connectivity index (χ0v) is 7.45. The molecule has 66 valence electrons. The largest absolute Gasteiger partial charge is 0.352 e. The van der Waals surface area contributed by atoms with E-state index in [1.54, 1.807) is 0 Å². The maximum Gasteiger partial charge on any atom is 0.207 e. The number of nitrogens with one attached hydrogen (secondary N) is 1. The second-order valence-corrected chi connectivity index (χ2v) is 2.77. The molecule has 2 heteroatoms. The van der Waals surface area contributed by atoms with Crippen molar-refractivity contribution in [2.24, 2.45) is 0 Å². The highest BCUT2D eigenvalue weighted by Gasteiger charge is 2.01. The number of carbonyl (C=O) groups excluding carboxylic acids is 1. The number of hydrogen-bond acceptors (Lipinski definition) is 1. The monoisotopic (exact) mass is 173 g/mol. The first kappa shape index (κ1) is 9.34. The van der Waals surface area contributed by atoms with Crippen LogP contribution >= 0.6 is 0 Å². The lowest BCUT2D eigenvalue weighted by Crippen LogP contribution is -2.15. The number of hydrogen-bond donors (Lipinski definition) is 1. The SMILES string of the molecule is C#Cc1ccc([C@H](C)NC=O)cc1. The fourth-order valence-corrected chi connectivity index (χ4v) is 1.07. The fraction of sp³-hybridized carbons (Fsp3) is 0.182. The van der Waals surface area contributed by atoms with Crippen LogP contribution in [0, 0.1) is 12.3 Å². The van der Waals surface area contributed by atoms with Crippen LogP contribution < -0.4 is 5.32 Å². The van der Waals surface area contributed by atoms with Gasteiger partial charge in [0.15, 0.2) is 0 Å². The van der Waals surface area contributed by atoms with Crippen molar-refractivity contribution >= 4 is 6.41 Å². The molecule has 0 aliphatic rings. The molecule has 0 heterocycles. The summed E-state index contributed by atoms with van der Waals surface area (Å²) < 4.78 is 0. The number of rotatable bonds is 3. The summed E-state index contributed by atoms with van der Waals surface area (Å²) in [5.74, 6) is 2.54. The van der Waals surface area contributed by atoms with Crippen LogP contribution in [-0.2, 0) is 4.79 Å². The lowest BCUT2D eigenvalue weighted by Gasteiger charge is -2.09. The highest BCUT2D eigenvalue weighted by molar-refractivity contribution is 5.48. The molecule has 0 unspecified atom stereocenters. The molecule has 1 rings (SSSR count). The third kappa shape index (κ3) is 2.34. The number of carbonyl (C=O) groups is 1. The van der Waals surface area contributed by atoms with Gasteiger partial charge in [0.05, 0.1) is 6.04 Å². The molecule has 0 fully saturated rings. The molecule has 0 saturated heterocycles. The summed E-state index contributed by atoms with van der Waals surface area (Å²) in [6.07, 6.45) is 5.91. The van der Waals surface area contributed by atoms with Crippen molar-refractivity contribution in [1.29, 1.82) is 0 Å². The van der Waals surface area contributed by atoms with Crippen molar-refractivity contribution in [3.8, 4) is 12.3 Å². The Morgan fingerprint density at radius 2 is 2.08 bits per heavy atom. The molecule has 0 spiro atoms. The minimum atomic E-state index is 0.0318. The molecule has 1 atom stereocenters. The lowest BCUT2D eigenvalue weighted by molar-refractivity contribution is -0.110. The first-order valence-corrected chi connectivity index (χ1v) is 4.04. The molecule has 13 heavy (non-hydrogen) atoms. The van der Waals surface area contributed by atoms with Crippen molar-refractivity contribution in [3.63, 3.8) is 0 Å². The van der Waals surface area contributed by atoms with E-state index in [4.69, 9.17) is 6.42 Å². The van der Waals surface area contributed by atoms with Crippen LogP contribution in [0.25, 0.3) is 0 Å². The van der Waals surface area contributed by atoms with Crippen LogP contribution in [0.2, 0.25) is 0 Å². The van der Waals surface area contributed by atoms with Gasteiger partial charge in [0, 0.05) is 5.56 Å². The predicted molar refractivity (Wildman–Crippen MR) is 52.0 cm³/mol. The van der Waals surface area contributed by atoms with E-state index in [1.165, 1.54) is 0 Å². The first-order chi connectivity index (χ1) is 6.27. The van der Waals surface area contributed by atoms with E-state index in [0.29, 0.717) is 6.41 Å². The second kappa shape index (κ2) is 4.32. The number of terminal acetylenes is 1. The van der Waals surface area contributed by atoms with Crippen molar-refractivity contribution in [2.45, 2.75) is 13.0 Å². The minimum Gasteiger partial charge on any atom is -0.352 e. The van der Waals surface area contributed by atoms with E-state index in [0.717, 1.165) is 11.1 Å². The van der Waals surface area contributed by atoms with Crippen molar-refractivity contribution in [1.82, 2.24) is 5.32 Å². The summed E-state index contributed by atoms with van der Waals surface area (Å²) in [5, 5.41) is 2.67. The van der Waals surface area contributed by atoms with Crippen molar-refractivity contribution in [2.75, 3.05) is 0 Å².